The van der Waals surface area contributed by atoms with Gasteiger partial charge in [0.15, 0.2) is 5.69 Å². The summed E-state index contributed by atoms with van der Waals surface area (Å²) in [5.41, 5.74) is 0.976. The molecule has 9 nitrogen and oxygen atoms in total. The number of para-hydroxylation sites is 1. The Morgan fingerprint density at radius 1 is 1.24 bits per heavy atom. The molecule has 0 saturated heterocycles. The van der Waals surface area contributed by atoms with Crippen molar-refractivity contribution in [2.45, 2.75) is 25.3 Å². The first-order valence-electron chi connectivity index (χ1n) is 9.27. The van der Waals surface area contributed by atoms with Gasteiger partial charge in [0.25, 0.3) is 5.91 Å². The molecule has 0 fully saturated rings. The molecule has 2 amide bonds. The van der Waals surface area contributed by atoms with E-state index >= 15 is 0 Å². The Bertz CT molecular complexity index is 1040. The molecule has 1 aliphatic heterocycles. The summed E-state index contributed by atoms with van der Waals surface area (Å²) < 4.78 is 29.2. The van der Waals surface area contributed by atoms with Crippen LogP contribution in [0.5, 0.6) is 0 Å². The van der Waals surface area contributed by atoms with Gasteiger partial charge in [-0.25, -0.2) is 13.4 Å². The lowest BCUT2D eigenvalue weighted by Gasteiger charge is -2.21. The number of nitrogens with one attached hydrogen (secondary N) is 1. The Hall–Kier alpha value is -2.72. The number of likely N-dealkylation sites (N-methyl/N-ethyl adjacent to an activating group) is 1. The summed E-state index contributed by atoms with van der Waals surface area (Å²) in [5.74, 6) is -0.469. The first kappa shape index (κ1) is 21.0. The van der Waals surface area contributed by atoms with E-state index in [2.05, 4.69) is 10.3 Å². The monoisotopic (exact) mass is 419 g/mol. The number of benzene rings is 1. The molecule has 1 aliphatic rings. The third-order valence-electron chi connectivity index (χ3n) is 4.63. The molecule has 1 N–H and O–H groups in total. The number of hydrogen-bond acceptors (Lipinski definition) is 5. The van der Waals surface area contributed by atoms with E-state index in [4.69, 9.17) is 0 Å². The molecule has 0 unspecified atom stereocenters. The summed E-state index contributed by atoms with van der Waals surface area (Å²) in [4.78, 5) is 30.6. The molecule has 0 atom stereocenters. The lowest BCUT2D eigenvalue weighted by atomic mass is 10.2. The maximum absolute atomic E-state index is 13.3. The van der Waals surface area contributed by atoms with E-state index in [0.717, 1.165) is 4.31 Å². The number of aromatic nitrogens is 2. The average Bonchev–Trinajstić information content (AvgIpc) is 3.05. The van der Waals surface area contributed by atoms with Crippen LogP contribution in [0, 0.1) is 5.92 Å². The highest BCUT2D eigenvalue weighted by molar-refractivity contribution is 7.89. The fourth-order valence-corrected chi connectivity index (χ4v) is 4.53. The minimum Gasteiger partial charge on any atom is -0.350 e. The lowest BCUT2D eigenvalue weighted by Crippen LogP contribution is -2.39. The number of amides is 2. The fraction of sp³-hybridized carbons (Fsp3) is 0.421. The van der Waals surface area contributed by atoms with E-state index < -0.39 is 10.0 Å². The molecule has 29 heavy (non-hydrogen) atoms. The van der Waals surface area contributed by atoms with Gasteiger partial charge in [-0.2, -0.15) is 4.31 Å². The second-order valence-corrected chi connectivity index (χ2v) is 9.45. The molecule has 10 heteroatoms. The number of rotatable bonds is 5. The van der Waals surface area contributed by atoms with Gasteiger partial charge in [0.2, 0.25) is 15.9 Å². The van der Waals surface area contributed by atoms with Crippen LogP contribution in [-0.4, -0.2) is 66.2 Å². The van der Waals surface area contributed by atoms with Crippen LogP contribution < -0.4 is 5.32 Å². The van der Waals surface area contributed by atoms with Crippen LogP contribution >= 0.6 is 0 Å². The van der Waals surface area contributed by atoms with Gasteiger partial charge in [-0.3, -0.25) is 14.2 Å². The van der Waals surface area contributed by atoms with Crippen LogP contribution in [-0.2, 0) is 21.4 Å². The quantitative estimate of drug-likeness (QED) is 0.774. The van der Waals surface area contributed by atoms with Crippen molar-refractivity contribution < 1.29 is 18.0 Å². The Morgan fingerprint density at radius 3 is 2.59 bits per heavy atom. The highest BCUT2D eigenvalue weighted by atomic mass is 32.2. The van der Waals surface area contributed by atoms with E-state index in [9.17, 15) is 18.0 Å². The van der Waals surface area contributed by atoms with Crippen molar-refractivity contribution in [2.24, 2.45) is 5.92 Å². The first-order valence-corrected chi connectivity index (χ1v) is 10.7. The zero-order chi connectivity index (χ0) is 21.3. The highest BCUT2D eigenvalue weighted by Crippen LogP contribution is 2.31. The number of imidazole rings is 1. The Morgan fingerprint density at radius 2 is 1.93 bits per heavy atom. The van der Waals surface area contributed by atoms with Crippen molar-refractivity contribution >= 4 is 21.8 Å². The second-order valence-electron chi connectivity index (χ2n) is 7.54. The minimum atomic E-state index is -3.95. The average molecular weight is 420 g/mol. The number of carbonyl (C=O) groups excluding carboxylic acids is 2. The Kier molecular flexibility index (Phi) is 5.76. The van der Waals surface area contributed by atoms with Gasteiger partial charge in [0.05, 0.1) is 24.5 Å². The predicted octanol–water partition coefficient (Wildman–Crippen LogP) is 0.851. The third-order valence-corrected chi connectivity index (χ3v) is 6.47. The number of carbonyl (C=O) groups is 2. The standard InChI is InChI=1S/C19H25N5O4S/c1-13(2)9-20-19(26)18-15-10-23(11-17(25)22(3)4)29(27,28)16-8-6-5-7-14(16)24(15)12-21-18/h5-8,12-13H,9-11H2,1-4H3,(H,20,26). The molecule has 3 rings (SSSR count). The minimum absolute atomic E-state index is 0.0665. The van der Waals surface area contributed by atoms with Gasteiger partial charge in [0.1, 0.15) is 11.2 Å². The van der Waals surface area contributed by atoms with Gasteiger partial charge in [-0.05, 0) is 18.1 Å². The van der Waals surface area contributed by atoms with E-state index in [0.29, 0.717) is 17.9 Å². The normalized spacial score (nSPS) is 15.3. The SMILES string of the molecule is CC(C)CNC(=O)c1ncn2c1CN(CC(=O)N(C)C)S(=O)(=O)c1ccccc1-2. The van der Waals surface area contributed by atoms with Gasteiger partial charge in [-0.1, -0.05) is 26.0 Å². The van der Waals surface area contributed by atoms with Crippen LogP contribution in [0.3, 0.4) is 0 Å². The molecule has 0 saturated carbocycles. The molecule has 1 aromatic carbocycles. The zero-order valence-electron chi connectivity index (χ0n) is 16.9. The van der Waals surface area contributed by atoms with Crippen LogP contribution in [0.2, 0.25) is 0 Å². The first-order chi connectivity index (χ1) is 13.6. The molecule has 0 spiro atoms. The molecule has 2 aromatic rings. The molecule has 0 bridgehead atoms. The maximum atomic E-state index is 13.3. The summed E-state index contributed by atoms with van der Waals surface area (Å²) in [6.07, 6.45) is 1.45. The fourth-order valence-electron chi connectivity index (χ4n) is 3.00. The van der Waals surface area contributed by atoms with Crippen LogP contribution in [0.4, 0.5) is 0 Å². The molecule has 0 aliphatic carbocycles. The van der Waals surface area contributed by atoms with E-state index in [1.54, 1.807) is 36.9 Å². The van der Waals surface area contributed by atoms with Crippen LogP contribution in [0.15, 0.2) is 35.5 Å². The Balaban J connectivity index is 2.11. The molecule has 0 radical (unpaired) electrons. The van der Waals surface area contributed by atoms with E-state index in [1.807, 2.05) is 13.8 Å². The van der Waals surface area contributed by atoms with Gasteiger partial charge in [-0.15, -0.1) is 0 Å². The topological polar surface area (TPSA) is 105 Å². The molecular formula is C19H25N5O4S. The smallest absolute Gasteiger partial charge is 0.271 e. The number of hydrogen-bond donors (Lipinski definition) is 1. The summed E-state index contributed by atoms with van der Waals surface area (Å²) in [5, 5.41) is 2.82. The summed E-state index contributed by atoms with van der Waals surface area (Å²) in [7, 11) is -0.818. The highest BCUT2D eigenvalue weighted by Gasteiger charge is 2.36. The third kappa shape index (κ3) is 4.03. The van der Waals surface area contributed by atoms with Gasteiger partial charge >= 0.3 is 0 Å². The van der Waals surface area contributed by atoms with Crippen molar-refractivity contribution in [2.75, 3.05) is 27.2 Å². The molecule has 1 aromatic heterocycles. The summed E-state index contributed by atoms with van der Waals surface area (Å²) >= 11 is 0. The lowest BCUT2D eigenvalue weighted by molar-refractivity contribution is -0.128. The van der Waals surface area contributed by atoms with Gasteiger partial charge < -0.3 is 10.2 Å². The van der Waals surface area contributed by atoms with Crippen molar-refractivity contribution in [3.63, 3.8) is 0 Å². The Labute approximate surface area is 170 Å². The molecular weight excluding hydrogens is 394 g/mol. The summed E-state index contributed by atoms with van der Waals surface area (Å²) in [6, 6.07) is 6.49. The van der Waals surface area contributed by atoms with Crippen molar-refractivity contribution in [1.82, 2.24) is 24.1 Å². The summed E-state index contributed by atoms with van der Waals surface area (Å²) in [6.45, 7) is 3.96. The van der Waals surface area contributed by atoms with Gasteiger partial charge in [0, 0.05) is 20.6 Å². The van der Waals surface area contributed by atoms with E-state index in [-0.39, 0.29) is 41.4 Å². The second kappa shape index (κ2) is 7.96. The zero-order valence-corrected chi connectivity index (χ0v) is 17.7. The predicted molar refractivity (Wildman–Crippen MR) is 107 cm³/mol. The number of fused-ring (bicyclic) bond motifs is 3. The largest absolute Gasteiger partial charge is 0.350 e. The van der Waals surface area contributed by atoms with Crippen molar-refractivity contribution in [3.05, 3.63) is 42.0 Å². The van der Waals surface area contributed by atoms with E-state index in [1.165, 1.54) is 17.3 Å². The maximum Gasteiger partial charge on any atom is 0.271 e. The number of nitrogens with zero attached hydrogens (tertiary/aromatic N) is 4. The molecule has 2 heterocycles. The van der Waals surface area contributed by atoms with Crippen LogP contribution in [0.1, 0.15) is 30.0 Å². The van der Waals surface area contributed by atoms with Crippen molar-refractivity contribution in [1.29, 1.82) is 0 Å². The van der Waals surface area contributed by atoms with Crippen molar-refractivity contribution in [3.8, 4) is 5.69 Å². The number of sulfonamides is 1. The van der Waals surface area contributed by atoms with Crippen LogP contribution in [0.25, 0.3) is 5.69 Å². The molecule has 156 valence electrons.